The topological polar surface area (TPSA) is 170 Å². The maximum atomic E-state index is 10.7. The predicted molar refractivity (Wildman–Crippen MR) is 95.4 cm³/mol. The number of aliphatic carboxylic acids is 1. The van der Waals surface area contributed by atoms with Crippen molar-refractivity contribution in [2.45, 2.75) is 37.0 Å². The highest BCUT2D eigenvalue weighted by molar-refractivity contribution is 7.99. The van der Waals surface area contributed by atoms with Gasteiger partial charge < -0.3 is 36.1 Å². The molecule has 2 aromatic rings. The van der Waals surface area contributed by atoms with Crippen molar-refractivity contribution in [1.82, 2.24) is 14.5 Å². The molecule has 0 aliphatic carbocycles. The van der Waals surface area contributed by atoms with Crippen molar-refractivity contribution in [3.8, 4) is 0 Å². The minimum Gasteiger partial charge on any atom is -0.480 e. The normalized spacial score (nSPS) is 27.0. The maximum Gasteiger partial charge on any atom is 0.320 e. The number of aromatic nitrogens is 3. The zero-order valence-electron chi connectivity index (χ0n) is 13.8. The average Bonchev–Trinajstić information content (AvgIpc) is 3.15. The second-order valence-corrected chi connectivity index (χ2v) is 7.22. The van der Waals surface area contributed by atoms with E-state index in [9.17, 15) is 15.0 Å². The summed E-state index contributed by atoms with van der Waals surface area (Å²) in [6.45, 7) is 0. The first kappa shape index (κ1) is 18.9. The van der Waals surface area contributed by atoms with Crippen LogP contribution in [0.1, 0.15) is 12.6 Å². The lowest BCUT2D eigenvalue weighted by molar-refractivity contribution is -0.138. The third kappa shape index (κ3) is 3.62. The van der Waals surface area contributed by atoms with E-state index in [0.717, 1.165) is 0 Å². The third-order valence-electron chi connectivity index (χ3n) is 4.30. The number of thioether (sulfide) groups is 1. The molecule has 1 aliphatic heterocycles. The molecule has 11 heteroatoms. The smallest absolute Gasteiger partial charge is 0.320 e. The minimum atomic E-state index is -1.13. The fraction of sp³-hybridized carbons (Fsp3) is 0.533. The van der Waals surface area contributed by atoms with E-state index in [4.69, 9.17) is 21.3 Å². The van der Waals surface area contributed by atoms with Crippen molar-refractivity contribution < 1.29 is 24.9 Å². The number of imidazole rings is 1. The van der Waals surface area contributed by atoms with Gasteiger partial charge in [-0.1, -0.05) is 0 Å². The standard InChI is InChI=1S/C15H21N5O5S/c16-7(15(23)24)2-4-26-5-9-11(21)12(22)14(25-9)20-6-19-10-8(20)1-3-18-13(10)17/h1,3,6-7,9,11-12,14,21-22H,2,4-5,16H2,(H2,17,18)(H,23,24)/t7?,9-,11-,12-,14?/m1/s1. The number of fused-ring (bicyclic) bond motifs is 1. The van der Waals surface area contributed by atoms with Crippen molar-refractivity contribution in [2.24, 2.45) is 5.73 Å². The number of carboxylic acid groups (broad SMARTS) is 1. The number of ether oxygens (including phenoxy) is 1. The average molecular weight is 383 g/mol. The Hall–Kier alpha value is -1.92. The molecule has 2 unspecified atom stereocenters. The highest BCUT2D eigenvalue weighted by atomic mass is 32.2. The van der Waals surface area contributed by atoms with Crippen LogP contribution in [0.2, 0.25) is 0 Å². The number of nitrogens with zero attached hydrogens (tertiary/aromatic N) is 3. The summed E-state index contributed by atoms with van der Waals surface area (Å²) in [5.74, 6) is 0.143. The van der Waals surface area contributed by atoms with Crippen LogP contribution in [0.5, 0.6) is 0 Å². The lowest BCUT2D eigenvalue weighted by Gasteiger charge is -2.17. The molecule has 1 saturated heterocycles. The third-order valence-corrected chi connectivity index (χ3v) is 5.39. The Balaban J connectivity index is 1.64. The summed E-state index contributed by atoms with van der Waals surface area (Å²) in [4.78, 5) is 18.8. The van der Waals surface area contributed by atoms with Crippen LogP contribution in [-0.2, 0) is 9.53 Å². The molecule has 0 bridgehead atoms. The largest absolute Gasteiger partial charge is 0.480 e. The number of pyridine rings is 1. The van der Waals surface area contributed by atoms with Gasteiger partial charge in [0.1, 0.15) is 23.8 Å². The van der Waals surface area contributed by atoms with Crippen molar-refractivity contribution in [1.29, 1.82) is 0 Å². The van der Waals surface area contributed by atoms with E-state index in [1.165, 1.54) is 24.3 Å². The molecule has 0 saturated carbocycles. The van der Waals surface area contributed by atoms with Crippen molar-refractivity contribution in [3.05, 3.63) is 18.6 Å². The molecular weight excluding hydrogens is 362 g/mol. The van der Waals surface area contributed by atoms with Crippen LogP contribution < -0.4 is 11.5 Å². The summed E-state index contributed by atoms with van der Waals surface area (Å²) in [5.41, 5.74) is 12.4. The van der Waals surface area contributed by atoms with Gasteiger partial charge >= 0.3 is 5.97 Å². The van der Waals surface area contributed by atoms with Gasteiger partial charge in [0.25, 0.3) is 0 Å². The van der Waals surface area contributed by atoms with Gasteiger partial charge in [0.2, 0.25) is 0 Å². The fourth-order valence-corrected chi connectivity index (χ4v) is 3.91. The number of carboxylic acids is 1. The highest BCUT2D eigenvalue weighted by Crippen LogP contribution is 2.33. The molecule has 0 amide bonds. The van der Waals surface area contributed by atoms with Crippen molar-refractivity contribution in [2.75, 3.05) is 17.2 Å². The molecule has 0 radical (unpaired) electrons. The Morgan fingerprint density at radius 1 is 1.38 bits per heavy atom. The second kappa shape index (κ2) is 7.76. The minimum absolute atomic E-state index is 0.274. The number of hydrogen-bond donors (Lipinski definition) is 5. The number of hydrogen-bond acceptors (Lipinski definition) is 9. The van der Waals surface area contributed by atoms with E-state index in [1.807, 2.05) is 0 Å². The van der Waals surface area contributed by atoms with E-state index in [0.29, 0.717) is 29.0 Å². The van der Waals surface area contributed by atoms with Crippen LogP contribution in [0.15, 0.2) is 18.6 Å². The number of aliphatic hydroxyl groups excluding tert-OH is 2. The maximum absolute atomic E-state index is 10.7. The summed E-state index contributed by atoms with van der Waals surface area (Å²) in [5, 5.41) is 29.4. The summed E-state index contributed by atoms with van der Waals surface area (Å²) in [7, 11) is 0. The van der Waals surface area contributed by atoms with E-state index in [1.54, 1.807) is 10.6 Å². The Labute approximate surface area is 153 Å². The van der Waals surface area contributed by atoms with E-state index in [-0.39, 0.29) is 5.82 Å². The Kier molecular flexibility index (Phi) is 5.63. The van der Waals surface area contributed by atoms with Crippen molar-refractivity contribution in [3.63, 3.8) is 0 Å². The van der Waals surface area contributed by atoms with E-state index >= 15 is 0 Å². The monoisotopic (exact) mass is 383 g/mol. The van der Waals surface area contributed by atoms with Crippen LogP contribution in [-0.4, -0.2) is 71.7 Å². The number of rotatable bonds is 7. The number of nitrogens with two attached hydrogens (primary N) is 2. The molecular formula is C15H21N5O5S. The van der Waals surface area contributed by atoms with Crippen LogP contribution >= 0.6 is 11.8 Å². The molecule has 2 aromatic heterocycles. The second-order valence-electron chi connectivity index (χ2n) is 6.07. The molecule has 0 spiro atoms. The lowest BCUT2D eigenvalue weighted by Crippen LogP contribution is -2.33. The van der Waals surface area contributed by atoms with Gasteiger partial charge in [0.15, 0.2) is 12.0 Å². The first-order valence-electron chi connectivity index (χ1n) is 8.05. The number of carbonyl (C=O) groups is 1. The Bertz CT molecular complexity index is 787. The quantitative estimate of drug-likeness (QED) is 0.380. The van der Waals surface area contributed by atoms with Gasteiger partial charge in [0.05, 0.1) is 17.9 Å². The van der Waals surface area contributed by atoms with Gasteiger partial charge in [-0.3, -0.25) is 4.79 Å². The van der Waals surface area contributed by atoms with Gasteiger partial charge in [-0.15, -0.1) is 0 Å². The van der Waals surface area contributed by atoms with Crippen LogP contribution in [0.3, 0.4) is 0 Å². The zero-order chi connectivity index (χ0) is 18.8. The Morgan fingerprint density at radius 2 is 2.15 bits per heavy atom. The summed E-state index contributed by atoms with van der Waals surface area (Å²) < 4.78 is 7.44. The summed E-state index contributed by atoms with van der Waals surface area (Å²) in [6, 6.07) is 0.794. The summed E-state index contributed by atoms with van der Waals surface area (Å²) >= 11 is 1.41. The van der Waals surface area contributed by atoms with Crippen LogP contribution in [0.25, 0.3) is 11.0 Å². The van der Waals surface area contributed by atoms with Crippen molar-refractivity contribution >= 4 is 34.6 Å². The molecule has 3 heterocycles. The number of anilines is 1. The zero-order valence-corrected chi connectivity index (χ0v) is 14.6. The molecule has 1 aliphatic rings. The lowest BCUT2D eigenvalue weighted by atomic mass is 10.1. The van der Waals surface area contributed by atoms with Crippen LogP contribution in [0.4, 0.5) is 5.82 Å². The molecule has 10 nitrogen and oxygen atoms in total. The number of nitrogen functional groups attached to an aromatic ring is 1. The molecule has 3 rings (SSSR count). The molecule has 7 N–H and O–H groups in total. The summed E-state index contributed by atoms with van der Waals surface area (Å²) in [6.07, 6.45) is -0.266. The van der Waals surface area contributed by atoms with E-state index < -0.39 is 36.6 Å². The predicted octanol–water partition coefficient (Wildman–Crippen LogP) is -0.832. The van der Waals surface area contributed by atoms with Gasteiger partial charge in [-0.05, 0) is 18.2 Å². The molecule has 1 fully saturated rings. The SMILES string of the molecule is Nc1nccc2c1ncn2C1O[C@H](CSCCC(N)C(=O)O)[C@@H](O)[C@H]1O. The molecule has 142 valence electrons. The van der Waals surface area contributed by atoms with Gasteiger partial charge in [0, 0.05) is 11.9 Å². The number of aliphatic hydroxyl groups is 2. The molecule has 26 heavy (non-hydrogen) atoms. The van der Waals surface area contributed by atoms with E-state index in [2.05, 4.69) is 9.97 Å². The van der Waals surface area contributed by atoms with Gasteiger partial charge in [-0.25, -0.2) is 9.97 Å². The highest BCUT2D eigenvalue weighted by Gasteiger charge is 2.43. The fourth-order valence-electron chi connectivity index (χ4n) is 2.81. The van der Waals surface area contributed by atoms with Gasteiger partial charge in [-0.2, -0.15) is 11.8 Å². The first-order valence-corrected chi connectivity index (χ1v) is 9.20. The molecule has 0 aromatic carbocycles. The van der Waals surface area contributed by atoms with Crippen LogP contribution in [0, 0.1) is 0 Å². The molecule has 5 atom stereocenters. The first-order chi connectivity index (χ1) is 12.4. The Morgan fingerprint density at radius 3 is 2.88 bits per heavy atom.